The molecule has 0 aliphatic carbocycles. The zero-order valence-electron chi connectivity index (χ0n) is 12.1. The van der Waals surface area contributed by atoms with Crippen LogP contribution in [0.3, 0.4) is 0 Å². The fourth-order valence-electron chi connectivity index (χ4n) is 2.65. The molecule has 0 saturated carbocycles. The molecule has 0 radical (unpaired) electrons. The molecule has 1 aromatic carbocycles. The molecule has 0 atom stereocenters. The molecule has 1 fully saturated rings. The fourth-order valence-corrected chi connectivity index (χ4v) is 2.77. The van der Waals surface area contributed by atoms with Crippen molar-refractivity contribution >= 4 is 23.1 Å². The molecule has 2 rings (SSSR count). The molecule has 1 heterocycles. The van der Waals surface area contributed by atoms with Gasteiger partial charge in [-0.15, -0.1) is 0 Å². The zero-order chi connectivity index (χ0) is 15.4. The molecule has 1 aromatic rings. The average Bonchev–Trinajstić information content (AvgIpc) is 2.49. The summed E-state index contributed by atoms with van der Waals surface area (Å²) in [4.78, 5) is 14.0. The highest BCUT2D eigenvalue weighted by Gasteiger charge is 2.24. The molecule has 0 bridgehead atoms. The minimum atomic E-state index is -0.247. The highest BCUT2D eigenvalue weighted by molar-refractivity contribution is 7.80. The molecule has 1 amide bonds. The van der Waals surface area contributed by atoms with Crippen molar-refractivity contribution in [2.24, 2.45) is 11.7 Å². The van der Waals surface area contributed by atoms with Crippen molar-refractivity contribution in [2.75, 3.05) is 20.1 Å². The van der Waals surface area contributed by atoms with Crippen LogP contribution in [0.1, 0.15) is 24.0 Å². The molecule has 4 nitrogen and oxygen atoms in total. The number of nitrogens with two attached hydrogens (primary N) is 1. The molecular weight excluding hydrogens is 289 g/mol. The van der Waals surface area contributed by atoms with Crippen LogP contribution in [0.2, 0.25) is 0 Å². The van der Waals surface area contributed by atoms with E-state index in [1.54, 1.807) is 19.2 Å². The number of thiocarbonyl (C=S) groups is 1. The molecular formula is C15H20FN3OS. The van der Waals surface area contributed by atoms with Crippen LogP contribution in [-0.2, 0) is 11.3 Å². The molecule has 3 N–H and O–H groups in total. The maximum atomic E-state index is 13.9. The predicted molar refractivity (Wildman–Crippen MR) is 84.4 cm³/mol. The van der Waals surface area contributed by atoms with Gasteiger partial charge in [-0.3, -0.25) is 9.69 Å². The van der Waals surface area contributed by atoms with Gasteiger partial charge in [-0.1, -0.05) is 12.2 Å². The number of nitrogens with zero attached hydrogens (tertiary/aromatic N) is 1. The van der Waals surface area contributed by atoms with E-state index in [9.17, 15) is 9.18 Å². The van der Waals surface area contributed by atoms with Gasteiger partial charge in [-0.05, 0) is 44.1 Å². The van der Waals surface area contributed by atoms with E-state index in [2.05, 4.69) is 10.2 Å². The first kappa shape index (κ1) is 15.9. The second-order valence-electron chi connectivity index (χ2n) is 5.34. The Morgan fingerprint density at radius 2 is 2.14 bits per heavy atom. The van der Waals surface area contributed by atoms with E-state index in [1.165, 1.54) is 6.07 Å². The monoisotopic (exact) mass is 309 g/mol. The van der Waals surface area contributed by atoms with E-state index in [0.29, 0.717) is 17.7 Å². The van der Waals surface area contributed by atoms with E-state index in [0.717, 1.165) is 25.9 Å². The molecule has 0 aromatic heterocycles. The molecule has 1 saturated heterocycles. The number of nitrogens with one attached hydrogen (secondary N) is 1. The summed E-state index contributed by atoms with van der Waals surface area (Å²) >= 11 is 4.92. The zero-order valence-corrected chi connectivity index (χ0v) is 12.9. The summed E-state index contributed by atoms with van der Waals surface area (Å²) in [5, 5.41) is 2.68. The Labute approximate surface area is 129 Å². The van der Waals surface area contributed by atoms with E-state index >= 15 is 0 Å². The number of hydrogen-bond donors (Lipinski definition) is 2. The summed E-state index contributed by atoms with van der Waals surface area (Å²) in [5.74, 6) is -0.0845. The first-order valence-corrected chi connectivity index (χ1v) is 7.44. The van der Waals surface area contributed by atoms with Gasteiger partial charge in [0, 0.05) is 30.6 Å². The number of likely N-dealkylation sites (tertiary alicyclic amines) is 1. The standard InChI is InChI=1S/C15H20FN3OS/c1-18-15(20)10-4-6-19(7-5-10)9-12-8-11(14(17)21)2-3-13(12)16/h2-3,8,10H,4-7,9H2,1H3,(H2,17,21)(H,18,20). The minimum Gasteiger partial charge on any atom is -0.389 e. The summed E-state index contributed by atoms with van der Waals surface area (Å²) in [6.07, 6.45) is 1.60. The Hall–Kier alpha value is -1.53. The quantitative estimate of drug-likeness (QED) is 0.826. The summed E-state index contributed by atoms with van der Waals surface area (Å²) in [7, 11) is 1.66. The van der Waals surface area contributed by atoms with Crippen molar-refractivity contribution in [2.45, 2.75) is 19.4 Å². The number of carbonyl (C=O) groups excluding carboxylic acids is 1. The maximum absolute atomic E-state index is 13.9. The van der Waals surface area contributed by atoms with Crippen LogP contribution in [-0.4, -0.2) is 35.9 Å². The lowest BCUT2D eigenvalue weighted by Gasteiger charge is -2.31. The predicted octanol–water partition coefficient (Wildman–Crippen LogP) is 1.42. The molecule has 21 heavy (non-hydrogen) atoms. The van der Waals surface area contributed by atoms with Gasteiger partial charge in [-0.25, -0.2) is 4.39 Å². The third-order valence-electron chi connectivity index (χ3n) is 3.93. The molecule has 1 aliphatic heterocycles. The van der Waals surface area contributed by atoms with Gasteiger partial charge in [0.05, 0.1) is 0 Å². The van der Waals surface area contributed by atoms with Crippen molar-refractivity contribution in [3.05, 3.63) is 35.1 Å². The first-order chi connectivity index (χ1) is 10.0. The Bertz CT molecular complexity index is 542. The second-order valence-corrected chi connectivity index (χ2v) is 5.77. The maximum Gasteiger partial charge on any atom is 0.222 e. The Morgan fingerprint density at radius 1 is 1.48 bits per heavy atom. The van der Waals surface area contributed by atoms with Gasteiger partial charge < -0.3 is 11.1 Å². The van der Waals surface area contributed by atoms with E-state index in [1.807, 2.05) is 0 Å². The van der Waals surface area contributed by atoms with Crippen LogP contribution in [0, 0.1) is 11.7 Å². The average molecular weight is 309 g/mol. The Morgan fingerprint density at radius 3 is 2.71 bits per heavy atom. The van der Waals surface area contributed by atoms with Gasteiger partial charge in [0.15, 0.2) is 0 Å². The number of rotatable bonds is 4. The van der Waals surface area contributed by atoms with Crippen molar-refractivity contribution in [3.8, 4) is 0 Å². The molecule has 1 aliphatic rings. The van der Waals surface area contributed by atoms with Crippen molar-refractivity contribution in [1.82, 2.24) is 10.2 Å². The van der Waals surface area contributed by atoms with Gasteiger partial charge >= 0.3 is 0 Å². The Kier molecular flexibility index (Phi) is 5.25. The van der Waals surface area contributed by atoms with Crippen molar-refractivity contribution < 1.29 is 9.18 Å². The molecule has 114 valence electrons. The third kappa shape index (κ3) is 3.98. The topological polar surface area (TPSA) is 58.4 Å². The molecule has 0 unspecified atom stereocenters. The van der Waals surface area contributed by atoms with Gasteiger partial charge in [0.2, 0.25) is 5.91 Å². The smallest absolute Gasteiger partial charge is 0.222 e. The van der Waals surface area contributed by atoms with Gasteiger partial charge in [0.25, 0.3) is 0 Å². The molecule has 6 heteroatoms. The number of halogens is 1. The van der Waals surface area contributed by atoms with E-state index < -0.39 is 0 Å². The fraction of sp³-hybridized carbons (Fsp3) is 0.467. The van der Waals surface area contributed by atoms with E-state index in [4.69, 9.17) is 18.0 Å². The summed E-state index contributed by atoms with van der Waals surface area (Å²) < 4.78 is 13.9. The second kappa shape index (κ2) is 6.95. The largest absolute Gasteiger partial charge is 0.389 e. The van der Waals surface area contributed by atoms with Crippen LogP contribution in [0.4, 0.5) is 4.39 Å². The van der Waals surface area contributed by atoms with E-state index in [-0.39, 0.29) is 22.6 Å². The minimum absolute atomic E-state index is 0.0686. The lowest BCUT2D eigenvalue weighted by atomic mass is 9.95. The van der Waals surface area contributed by atoms with Crippen LogP contribution in [0.5, 0.6) is 0 Å². The summed E-state index contributed by atoms with van der Waals surface area (Å²) in [5.41, 5.74) is 6.86. The lowest BCUT2D eigenvalue weighted by Crippen LogP contribution is -2.39. The SMILES string of the molecule is CNC(=O)C1CCN(Cc2cc(C(N)=S)ccc2F)CC1. The van der Waals surface area contributed by atoms with Crippen molar-refractivity contribution in [1.29, 1.82) is 0 Å². The van der Waals surface area contributed by atoms with Crippen molar-refractivity contribution in [3.63, 3.8) is 0 Å². The van der Waals surface area contributed by atoms with Crippen LogP contribution in [0.15, 0.2) is 18.2 Å². The third-order valence-corrected chi connectivity index (χ3v) is 4.16. The molecule has 0 spiro atoms. The van der Waals surface area contributed by atoms with Crippen LogP contribution in [0.25, 0.3) is 0 Å². The number of hydrogen-bond acceptors (Lipinski definition) is 3. The Balaban J connectivity index is 1.99. The van der Waals surface area contributed by atoms with Gasteiger partial charge in [-0.2, -0.15) is 0 Å². The highest BCUT2D eigenvalue weighted by Crippen LogP contribution is 2.20. The van der Waals surface area contributed by atoms with Gasteiger partial charge in [0.1, 0.15) is 10.8 Å². The first-order valence-electron chi connectivity index (χ1n) is 7.03. The van der Waals surface area contributed by atoms with Crippen LogP contribution >= 0.6 is 12.2 Å². The number of piperidine rings is 1. The normalized spacial score (nSPS) is 16.7. The highest BCUT2D eigenvalue weighted by atomic mass is 32.1. The number of amides is 1. The lowest BCUT2D eigenvalue weighted by molar-refractivity contribution is -0.125. The number of benzene rings is 1. The summed E-state index contributed by atoms with van der Waals surface area (Å²) in [6.45, 7) is 2.09. The summed E-state index contributed by atoms with van der Waals surface area (Å²) in [6, 6.07) is 4.71. The number of carbonyl (C=O) groups is 1. The van der Waals surface area contributed by atoms with Crippen LogP contribution < -0.4 is 11.1 Å².